The van der Waals surface area contributed by atoms with Gasteiger partial charge in [-0.2, -0.15) is 0 Å². The maximum atomic E-state index is 11.0. The van der Waals surface area contributed by atoms with Gasteiger partial charge in [-0.3, -0.25) is 9.69 Å². The van der Waals surface area contributed by atoms with Gasteiger partial charge in [-0.15, -0.1) is 0 Å². The van der Waals surface area contributed by atoms with Crippen LogP contribution in [0, 0.1) is 0 Å². The van der Waals surface area contributed by atoms with Crippen molar-refractivity contribution >= 4 is 17.6 Å². The summed E-state index contributed by atoms with van der Waals surface area (Å²) in [5.41, 5.74) is 6.79. The third-order valence-electron chi connectivity index (χ3n) is 3.63. The van der Waals surface area contributed by atoms with Crippen molar-refractivity contribution in [2.24, 2.45) is 5.73 Å². The standard InChI is InChI=1S/C14H19ClN2O2/c15-11-5-3-10(4-6-11)13(9-12(16)14(18)19)17-7-1-2-8-17/h3-6,12-13H,1-2,7-9,16H2,(H,18,19)/t12-,13+/m1/s1. The molecule has 1 fully saturated rings. The van der Waals surface area contributed by atoms with Gasteiger partial charge in [-0.25, -0.2) is 0 Å². The van der Waals surface area contributed by atoms with Crippen LogP contribution in [0.4, 0.5) is 0 Å². The van der Waals surface area contributed by atoms with Gasteiger partial charge in [-0.05, 0) is 50.0 Å². The summed E-state index contributed by atoms with van der Waals surface area (Å²) in [5, 5.41) is 9.69. The average molecular weight is 283 g/mol. The number of halogens is 1. The summed E-state index contributed by atoms with van der Waals surface area (Å²) in [6.45, 7) is 2.00. The fourth-order valence-electron chi connectivity index (χ4n) is 2.58. The molecule has 4 nitrogen and oxygen atoms in total. The molecule has 1 saturated heterocycles. The van der Waals surface area contributed by atoms with Gasteiger partial charge < -0.3 is 10.8 Å². The van der Waals surface area contributed by atoms with E-state index in [2.05, 4.69) is 4.90 Å². The topological polar surface area (TPSA) is 66.6 Å². The summed E-state index contributed by atoms with van der Waals surface area (Å²) in [5.74, 6) is -0.946. The molecule has 1 aromatic carbocycles. The van der Waals surface area contributed by atoms with E-state index in [1.807, 2.05) is 24.3 Å². The molecule has 19 heavy (non-hydrogen) atoms. The van der Waals surface area contributed by atoms with E-state index < -0.39 is 12.0 Å². The summed E-state index contributed by atoms with van der Waals surface area (Å²) in [6, 6.07) is 6.82. The zero-order valence-corrected chi connectivity index (χ0v) is 11.5. The third kappa shape index (κ3) is 3.69. The van der Waals surface area contributed by atoms with Crippen LogP contribution in [-0.4, -0.2) is 35.1 Å². The smallest absolute Gasteiger partial charge is 0.320 e. The fourth-order valence-corrected chi connectivity index (χ4v) is 2.70. The van der Waals surface area contributed by atoms with E-state index in [9.17, 15) is 4.79 Å². The number of likely N-dealkylation sites (tertiary alicyclic amines) is 1. The second-order valence-corrected chi connectivity index (χ2v) is 5.43. The van der Waals surface area contributed by atoms with Crippen molar-refractivity contribution in [2.45, 2.75) is 31.3 Å². The van der Waals surface area contributed by atoms with Crippen LogP contribution in [0.15, 0.2) is 24.3 Å². The van der Waals surface area contributed by atoms with Crippen LogP contribution in [0.2, 0.25) is 5.02 Å². The number of nitrogens with two attached hydrogens (primary N) is 1. The lowest BCUT2D eigenvalue weighted by molar-refractivity contribution is -0.139. The predicted octanol–water partition coefficient (Wildman–Crippen LogP) is 2.28. The molecule has 0 aliphatic carbocycles. The van der Waals surface area contributed by atoms with Crippen LogP contribution in [0.5, 0.6) is 0 Å². The van der Waals surface area contributed by atoms with Crippen molar-refractivity contribution in [3.63, 3.8) is 0 Å². The number of aliphatic carboxylic acids is 1. The molecule has 1 aliphatic rings. The van der Waals surface area contributed by atoms with E-state index in [0.29, 0.717) is 11.4 Å². The van der Waals surface area contributed by atoms with Crippen molar-refractivity contribution in [2.75, 3.05) is 13.1 Å². The Balaban J connectivity index is 2.17. The van der Waals surface area contributed by atoms with Crippen LogP contribution < -0.4 is 5.73 Å². The summed E-state index contributed by atoms with van der Waals surface area (Å²) in [6.07, 6.45) is 2.75. The number of carbonyl (C=O) groups is 1. The molecule has 2 atom stereocenters. The maximum Gasteiger partial charge on any atom is 0.320 e. The van der Waals surface area contributed by atoms with Crippen LogP contribution in [-0.2, 0) is 4.79 Å². The second-order valence-electron chi connectivity index (χ2n) is 4.99. The molecule has 104 valence electrons. The number of carboxylic acids is 1. The van der Waals surface area contributed by atoms with Gasteiger partial charge in [0.05, 0.1) is 0 Å². The van der Waals surface area contributed by atoms with E-state index in [4.69, 9.17) is 22.4 Å². The first-order chi connectivity index (χ1) is 9.08. The minimum Gasteiger partial charge on any atom is -0.480 e. The van der Waals surface area contributed by atoms with Crippen molar-refractivity contribution in [1.29, 1.82) is 0 Å². The van der Waals surface area contributed by atoms with Crippen LogP contribution in [0.3, 0.4) is 0 Å². The zero-order valence-electron chi connectivity index (χ0n) is 10.8. The number of benzene rings is 1. The molecule has 0 amide bonds. The first-order valence-corrected chi connectivity index (χ1v) is 6.93. The molecule has 1 aliphatic heterocycles. The highest BCUT2D eigenvalue weighted by Gasteiger charge is 2.27. The first-order valence-electron chi connectivity index (χ1n) is 6.56. The van der Waals surface area contributed by atoms with Crippen LogP contribution in [0.25, 0.3) is 0 Å². The highest BCUT2D eigenvalue weighted by molar-refractivity contribution is 6.30. The fraction of sp³-hybridized carbons (Fsp3) is 0.500. The molecular weight excluding hydrogens is 264 g/mol. The van der Waals surface area contributed by atoms with Crippen molar-refractivity contribution in [1.82, 2.24) is 4.90 Å². The lowest BCUT2D eigenvalue weighted by Crippen LogP contribution is -2.36. The molecular formula is C14H19ClN2O2. The van der Waals surface area contributed by atoms with Gasteiger partial charge in [0.2, 0.25) is 0 Å². The number of hydrogen-bond acceptors (Lipinski definition) is 3. The van der Waals surface area contributed by atoms with Gasteiger partial charge in [0.15, 0.2) is 0 Å². The predicted molar refractivity (Wildman–Crippen MR) is 75.2 cm³/mol. The second kappa shape index (κ2) is 6.37. The SMILES string of the molecule is N[C@H](C[C@@H](c1ccc(Cl)cc1)N1CCCC1)C(=O)O. The van der Waals surface area contributed by atoms with E-state index in [-0.39, 0.29) is 6.04 Å². The molecule has 0 saturated carbocycles. The summed E-state index contributed by atoms with van der Waals surface area (Å²) < 4.78 is 0. The van der Waals surface area contributed by atoms with Gasteiger partial charge in [0, 0.05) is 11.1 Å². The van der Waals surface area contributed by atoms with Crippen LogP contribution in [0.1, 0.15) is 30.9 Å². The Morgan fingerprint density at radius 2 is 1.89 bits per heavy atom. The Morgan fingerprint density at radius 1 is 1.32 bits per heavy atom. The van der Waals surface area contributed by atoms with E-state index in [1.54, 1.807) is 0 Å². The average Bonchev–Trinajstić information content (AvgIpc) is 2.90. The lowest BCUT2D eigenvalue weighted by Gasteiger charge is -2.29. The minimum absolute atomic E-state index is 0.0610. The molecule has 0 bridgehead atoms. The van der Waals surface area contributed by atoms with E-state index in [0.717, 1.165) is 31.5 Å². The number of nitrogens with zero attached hydrogens (tertiary/aromatic N) is 1. The lowest BCUT2D eigenvalue weighted by atomic mass is 9.98. The molecule has 2 rings (SSSR count). The normalized spacial score (nSPS) is 19.3. The van der Waals surface area contributed by atoms with E-state index >= 15 is 0 Å². The number of hydrogen-bond donors (Lipinski definition) is 2. The highest BCUT2D eigenvalue weighted by Crippen LogP contribution is 2.29. The Kier molecular flexibility index (Phi) is 4.80. The Bertz CT molecular complexity index is 430. The van der Waals surface area contributed by atoms with Gasteiger partial charge in [0.25, 0.3) is 0 Å². The van der Waals surface area contributed by atoms with Crippen molar-refractivity contribution in [3.8, 4) is 0 Å². The molecule has 0 unspecified atom stereocenters. The Labute approximate surface area is 118 Å². The molecule has 3 N–H and O–H groups in total. The Hall–Kier alpha value is -1.10. The van der Waals surface area contributed by atoms with Crippen molar-refractivity contribution < 1.29 is 9.90 Å². The van der Waals surface area contributed by atoms with Crippen LogP contribution >= 0.6 is 11.6 Å². The largest absolute Gasteiger partial charge is 0.480 e. The number of carboxylic acid groups (broad SMARTS) is 1. The molecule has 0 radical (unpaired) electrons. The van der Waals surface area contributed by atoms with Crippen molar-refractivity contribution in [3.05, 3.63) is 34.9 Å². The molecule has 0 aromatic heterocycles. The van der Waals surface area contributed by atoms with Gasteiger partial charge >= 0.3 is 5.97 Å². The molecule has 1 heterocycles. The summed E-state index contributed by atoms with van der Waals surface area (Å²) in [4.78, 5) is 13.3. The van der Waals surface area contributed by atoms with E-state index in [1.165, 1.54) is 0 Å². The Morgan fingerprint density at radius 3 is 2.42 bits per heavy atom. The quantitative estimate of drug-likeness (QED) is 0.869. The van der Waals surface area contributed by atoms with Gasteiger partial charge in [-0.1, -0.05) is 23.7 Å². The number of rotatable bonds is 5. The molecule has 5 heteroatoms. The molecule has 1 aromatic rings. The minimum atomic E-state index is -0.946. The zero-order chi connectivity index (χ0) is 13.8. The monoisotopic (exact) mass is 282 g/mol. The first kappa shape index (κ1) is 14.3. The summed E-state index contributed by atoms with van der Waals surface area (Å²) >= 11 is 5.90. The van der Waals surface area contributed by atoms with Gasteiger partial charge in [0.1, 0.15) is 6.04 Å². The highest BCUT2D eigenvalue weighted by atomic mass is 35.5. The molecule has 0 spiro atoms. The maximum absolute atomic E-state index is 11.0. The third-order valence-corrected chi connectivity index (χ3v) is 3.88. The summed E-state index contributed by atoms with van der Waals surface area (Å²) in [7, 11) is 0.